The zero-order valence-electron chi connectivity index (χ0n) is 7.45. The molecule has 0 unspecified atom stereocenters. The smallest absolute Gasteiger partial charge is 0.128 e. The maximum Gasteiger partial charge on any atom is 0.128 e. The Morgan fingerprint density at radius 2 is 1.92 bits per heavy atom. The fourth-order valence-electron chi connectivity index (χ4n) is 1.03. The monoisotopic (exact) mass is 165 g/mol. The van der Waals surface area contributed by atoms with E-state index in [0.29, 0.717) is 5.69 Å². The molecule has 0 spiro atoms. The van der Waals surface area contributed by atoms with E-state index in [4.69, 9.17) is 5.73 Å². The molecule has 1 heterocycles. The van der Waals surface area contributed by atoms with Crippen LogP contribution in [0, 0.1) is 0 Å². The molecule has 0 saturated carbocycles. The second-order valence-electron chi connectivity index (χ2n) is 2.89. The minimum Gasteiger partial charge on any atom is -0.396 e. The van der Waals surface area contributed by atoms with Crippen LogP contribution < -0.4 is 5.73 Å². The summed E-state index contributed by atoms with van der Waals surface area (Å²) in [4.78, 5) is 8.23. The van der Waals surface area contributed by atoms with Crippen LogP contribution in [0.15, 0.2) is 12.4 Å². The van der Waals surface area contributed by atoms with Gasteiger partial charge in [0.25, 0.3) is 0 Å². The molecule has 0 radical (unpaired) electrons. The van der Waals surface area contributed by atoms with E-state index < -0.39 is 0 Å². The minimum atomic E-state index is 0.634. The van der Waals surface area contributed by atoms with Crippen molar-refractivity contribution in [2.24, 2.45) is 0 Å². The van der Waals surface area contributed by atoms with Crippen LogP contribution in [-0.2, 0) is 6.42 Å². The summed E-state index contributed by atoms with van der Waals surface area (Å²) < 4.78 is 0. The lowest BCUT2D eigenvalue weighted by Gasteiger charge is -1.98. The summed E-state index contributed by atoms with van der Waals surface area (Å²) in [5.41, 5.74) is 6.09. The Bertz CT molecular complexity index is 218. The second kappa shape index (κ2) is 4.70. The van der Waals surface area contributed by atoms with Gasteiger partial charge in [0.1, 0.15) is 5.82 Å². The molecule has 0 aliphatic carbocycles. The Labute approximate surface area is 73.0 Å². The first-order chi connectivity index (χ1) is 5.83. The standard InChI is InChI=1S/C9H15N3/c1-2-3-4-5-9-11-6-8(10)7-12-9/h6-7H,2-5,10H2,1H3. The molecule has 0 aliphatic rings. The van der Waals surface area contributed by atoms with Crippen LogP contribution in [0.1, 0.15) is 32.0 Å². The van der Waals surface area contributed by atoms with Crippen LogP contribution in [-0.4, -0.2) is 9.97 Å². The van der Waals surface area contributed by atoms with E-state index in [1.165, 1.54) is 19.3 Å². The van der Waals surface area contributed by atoms with Crippen LogP contribution in [0.4, 0.5) is 5.69 Å². The van der Waals surface area contributed by atoms with Crippen molar-refractivity contribution in [3.8, 4) is 0 Å². The van der Waals surface area contributed by atoms with Crippen molar-refractivity contribution < 1.29 is 0 Å². The number of nitrogen functional groups attached to an aromatic ring is 1. The molecule has 1 rings (SSSR count). The lowest BCUT2D eigenvalue weighted by Crippen LogP contribution is -1.96. The quantitative estimate of drug-likeness (QED) is 0.692. The zero-order valence-corrected chi connectivity index (χ0v) is 7.45. The first-order valence-corrected chi connectivity index (χ1v) is 4.39. The molecular weight excluding hydrogens is 150 g/mol. The van der Waals surface area contributed by atoms with E-state index in [1.807, 2.05) is 0 Å². The third-order valence-electron chi connectivity index (χ3n) is 1.73. The molecule has 1 aromatic rings. The van der Waals surface area contributed by atoms with Crippen molar-refractivity contribution in [1.29, 1.82) is 0 Å². The molecule has 3 nitrogen and oxygen atoms in total. The van der Waals surface area contributed by atoms with Crippen LogP contribution in [0.2, 0.25) is 0 Å². The van der Waals surface area contributed by atoms with E-state index in [2.05, 4.69) is 16.9 Å². The molecule has 0 aromatic carbocycles. The third kappa shape index (κ3) is 2.86. The van der Waals surface area contributed by atoms with Gasteiger partial charge in [-0.25, -0.2) is 9.97 Å². The lowest BCUT2D eigenvalue weighted by molar-refractivity contribution is 0.694. The predicted molar refractivity (Wildman–Crippen MR) is 49.7 cm³/mol. The van der Waals surface area contributed by atoms with Crippen molar-refractivity contribution >= 4 is 5.69 Å². The highest BCUT2D eigenvalue weighted by Gasteiger charge is 1.94. The fraction of sp³-hybridized carbons (Fsp3) is 0.556. The van der Waals surface area contributed by atoms with Gasteiger partial charge in [-0.2, -0.15) is 0 Å². The van der Waals surface area contributed by atoms with Crippen molar-refractivity contribution in [3.05, 3.63) is 18.2 Å². The lowest BCUT2D eigenvalue weighted by atomic mass is 10.2. The number of hydrogen-bond donors (Lipinski definition) is 1. The van der Waals surface area contributed by atoms with E-state index in [9.17, 15) is 0 Å². The van der Waals surface area contributed by atoms with Gasteiger partial charge < -0.3 is 5.73 Å². The first kappa shape index (κ1) is 8.97. The molecule has 1 aromatic heterocycles. The number of aromatic nitrogens is 2. The molecule has 0 saturated heterocycles. The van der Waals surface area contributed by atoms with Crippen molar-refractivity contribution in [2.45, 2.75) is 32.6 Å². The average molecular weight is 165 g/mol. The Morgan fingerprint density at radius 1 is 1.25 bits per heavy atom. The van der Waals surface area contributed by atoms with Gasteiger partial charge >= 0.3 is 0 Å². The zero-order chi connectivity index (χ0) is 8.81. The summed E-state index contributed by atoms with van der Waals surface area (Å²) in [7, 11) is 0. The van der Waals surface area contributed by atoms with E-state index in [1.54, 1.807) is 12.4 Å². The Balaban J connectivity index is 2.37. The van der Waals surface area contributed by atoms with Gasteiger partial charge in [-0.1, -0.05) is 19.8 Å². The summed E-state index contributed by atoms with van der Waals surface area (Å²) >= 11 is 0. The molecule has 2 N–H and O–H groups in total. The first-order valence-electron chi connectivity index (χ1n) is 4.39. The SMILES string of the molecule is CCCCCc1ncc(N)cn1. The normalized spacial score (nSPS) is 10.1. The molecule has 0 aliphatic heterocycles. The van der Waals surface area contributed by atoms with E-state index in [0.717, 1.165) is 12.2 Å². The number of nitrogens with zero attached hydrogens (tertiary/aromatic N) is 2. The van der Waals surface area contributed by atoms with Crippen LogP contribution >= 0.6 is 0 Å². The second-order valence-corrected chi connectivity index (χ2v) is 2.89. The number of hydrogen-bond acceptors (Lipinski definition) is 3. The molecule has 12 heavy (non-hydrogen) atoms. The fourth-order valence-corrected chi connectivity index (χ4v) is 1.03. The summed E-state index contributed by atoms with van der Waals surface area (Å²) in [6.07, 6.45) is 7.93. The predicted octanol–water partition coefficient (Wildman–Crippen LogP) is 1.79. The maximum absolute atomic E-state index is 5.46. The molecule has 3 heteroatoms. The van der Waals surface area contributed by atoms with Gasteiger partial charge in [0, 0.05) is 6.42 Å². The van der Waals surface area contributed by atoms with Crippen LogP contribution in [0.25, 0.3) is 0 Å². The Kier molecular flexibility index (Phi) is 3.51. The van der Waals surface area contributed by atoms with Crippen molar-refractivity contribution in [2.75, 3.05) is 5.73 Å². The van der Waals surface area contributed by atoms with Gasteiger partial charge in [-0.05, 0) is 6.42 Å². The minimum absolute atomic E-state index is 0.634. The molecular formula is C9H15N3. The molecule has 0 amide bonds. The maximum atomic E-state index is 5.46. The summed E-state index contributed by atoms with van der Waals surface area (Å²) in [5.74, 6) is 0.901. The van der Waals surface area contributed by atoms with Gasteiger partial charge in [-0.15, -0.1) is 0 Å². The third-order valence-corrected chi connectivity index (χ3v) is 1.73. The van der Waals surface area contributed by atoms with Gasteiger partial charge in [-0.3, -0.25) is 0 Å². The van der Waals surface area contributed by atoms with E-state index >= 15 is 0 Å². The summed E-state index contributed by atoms with van der Waals surface area (Å²) in [6.45, 7) is 2.18. The van der Waals surface area contributed by atoms with Crippen LogP contribution in [0.5, 0.6) is 0 Å². The van der Waals surface area contributed by atoms with Crippen LogP contribution in [0.3, 0.4) is 0 Å². The number of aryl methyl sites for hydroxylation is 1. The number of anilines is 1. The summed E-state index contributed by atoms with van der Waals surface area (Å²) in [6, 6.07) is 0. The molecule has 0 fully saturated rings. The highest BCUT2D eigenvalue weighted by molar-refractivity contribution is 5.30. The van der Waals surface area contributed by atoms with Gasteiger partial charge in [0.05, 0.1) is 18.1 Å². The highest BCUT2D eigenvalue weighted by Crippen LogP contribution is 2.02. The topological polar surface area (TPSA) is 51.8 Å². The van der Waals surface area contributed by atoms with Crippen molar-refractivity contribution in [3.63, 3.8) is 0 Å². The summed E-state index contributed by atoms with van der Waals surface area (Å²) in [5, 5.41) is 0. The number of rotatable bonds is 4. The number of nitrogens with two attached hydrogens (primary N) is 1. The Morgan fingerprint density at radius 3 is 2.50 bits per heavy atom. The van der Waals surface area contributed by atoms with Crippen molar-refractivity contribution in [1.82, 2.24) is 9.97 Å². The highest BCUT2D eigenvalue weighted by atomic mass is 14.9. The van der Waals surface area contributed by atoms with Gasteiger partial charge in [0.15, 0.2) is 0 Å². The van der Waals surface area contributed by atoms with E-state index in [-0.39, 0.29) is 0 Å². The largest absolute Gasteiger partial charge is 0.396 e. The molecule has 0 bridgehead atoms. The molecule has 0 atom stereocenters. The Hall–Kier alpha value is -1.12. The molecule has 66 valence electrons. The average Bonchev–Trinajstić information content (AvgIpc) is 2.09. The number of unbranched alkanes of at least 4 members (excludes halogenated alkanes) is 2. The van der Waals surface area contributed by atoms with Gasteiger partial charge in [0.2, 0.25) is 0 Å².